The maximum absolute atomic E-state index is 2.64. The van der Waals surface area contributed by atoms with Crippen molar-refractivity contribution in [1.82, 2.24) is 4.90 Å². The van der Waals surface area contributed by atoms with Crippen molar-refractivity contribution in [3.63, 3.8) is 0 Å². The van der Waals surface area contributed by atoms with Crippen LogP contribution >= 0.6 is 0 Å². The van der Waals surface area contributed by atoms with Crippen LogP contribution in [-0.4, -0.2) is 24.0 Å². The highest BCUT2D eigenvalue weighted by molar-refractivity contribution is 4.97. The van der Waals surface area contributed by atoms with Gasteiger partial charge in [0.25, 0.3) is 0 Å². The Morgan fingerprint density at radius 2 is 1.79 bits per heavy atom. The van der Waals surface area contributed by atoms with Crippen LogP contribution in [0.15, 0.2) is 0 Å². The van der Waals surface area contributed by atoms with Gasteiger partial charge in [-0.3, -0.25) is 0 Å². The van der Waals surface area contributed by atoms with E-state index in [-0.39, 0.29) is 0 Å². The fraction of sp³-hybridized carbons (Fsp3) is 1.00. The van der Waals surface area contributed by atoms with E-state index in [2.05, 4.69) is 25.8 Å². The molecule has 1 saturated carbocycles. The molecule has 14 heavy (non-hydrogen) atoms. The quantitative estimate of drug-likeness (QED) is 0.620. The Morgan fingerprint density at radius 3 is 2.21 bits per heavy atom. The van der Waals surface area contributed by atoms with Gasteiger partial charge >= 0.3 is 0 Å². The first kappa shape index (κ1) is 10.5. The molecule has 1 saturated heterocycles. The Labute approximate surface area is 88.9 Å². The van der Waals surface area contributed by atoms with Crippen LogP contribution in [0.1, 0.15) is 52.4 Å². The summed E-state index contributed by atoms with van der Waals surface area (Å²) in [6, 6.07) is 0. The molecule has 0 bridgehead atoms. The van der Waals surface area contributed by atoms with Crippen molar-refractivity contribution in [2.45, 2.75) is 57.9 Å². The lowest BCUT2D eigenvalue weighted by molar-refractivity contribution is 0.0845. The van der Waals surface area contributed by atoms with E-state index in [4.69, 9.17) is 0 Å². The van der Waals surface area contributed by atoms with E-state index in [1.165, 1.54) is 45.1 Å². The molecule has 82 valence electrons. The second-order valence-corrected chi connectivity index (χ2v) is 5.83. The molecule has 1 spiro atoms. The van der Waals surface area contributed by atoms with E-state index >= 15 is 0 Å². The van der Waals surface area contributed by atoms with Crippen molar-refractivity contribution in [1.29, 1.82) is 0 Å². The predicted molar refractivity (Wildman–Crippen MR) is 61.4 cm³/mol. The molecule has 1 heteroatoms. The summed E-state index contributed by atoms with van der Waals surface area (Å²) in [5.41, 5.74) is 0.630. The normalized spacial score (nSPS) is 39.9. The number of likely N-dealkylation sites (tertiary alicyclic amines) is 1. The van der Waals surface area contributed by atoms with E-state index in [1.54, 1.807) is 0 Å². The topological polar surface area (TPSA) is 3.24 Å². The Bertz CT molecular complexity index is 189. The highest BCUT2D eigenvalue weighted by Gasteiger charge is 2.41. The van der Waals surface area contributed by atoms with Gasteiger partial charge in [-0.1, -0.05) is 13.8 Å². The van der Waals surface area contributed by atoms with E-state index in [1.807, 2.05) is 0 Å². The van der Waals surface area contributed by atoms with Crippen molar-refractivity contribution < 1.29 is 0 Å². The monoisotopic (exact) mass is 195 g/mol. The van der Waals surface area contributed by atoms with Gasteiger partial charge in [0.05, 0.1) is 0 Å². The molecular formula is C13H25N. The van der Waals surface area contributed by atoms with Crippen molar-refractivity contribution >= 4 is 0 Å². The van der Waals surface area contributed by atoms with Gasteiger partial charge in [0, 0.05) is 5.54 Å². The van der Waals surface area contributed by atoms with Gasteiger partial charge < -0.3 is 4.90 Å². The predicted octanol–water partition coefficient (Wildman–Crippen LogP) is 3.30. The standard InChI is InChI=1S/C13H25N/c1-11(2)12-5-8-13(9-6-12)7-4-10-14(13)3/h11-12H,4-10H2,1-3H3. The second kappa shape index (κ2) is 3.84. The summed E-state index contributed by atoms with van der Waals surface area (Å²) in [4.78, 5) is 2.64. The van der Waals surface area contributed by atoms with Crippen molar-refractivity contribution in [3.05, 3.63) is 0 Å². The van der Waals surface area contributed by atoms with Gasteiger partial charge in [-0.2, -0.15) is 0 Å². The molecule has 0 N–H and O–H groups in total. The van der Waals surface area contributed by atoms with E-state index < -0.39 is 0 Å². The molecule has 0 aromatic carbocycles. The molecule has 1 aliphatic heterocycles. The minimum Gasteiger partial charge on any atom is -0.301 e. The molecule has 0 amide bonds. The van der Waals surface area contributed by atoms with Gasteiger partial charge in [0.2, 0.25) is 0 Å². The van der Waals surface area contributed by atoms with Gasteiger partial charge in [-0.25, -0.2) is 0 Å². The van der Waals surface area contributed by atoms with Crippen LogP contribution in [0.4, 0.5) is 0 Å². The molecule has 1 aliphatic carbocycles. The Kier molecular flexibility index (Phi) is 2.88. The van der Waals surface area contributed by atoms with Crippen LogP contribution in [0.25, 0.3) is 0 Å². The van der Waals surface area contributed by atoms with Gasteiger partial charge in [0.15, 0.2) is 0 Å². The third kappa shape index (κ3) is 1.71. The molecular weight excluding hydrogens is 170 g/mol. The maximum atomic E-state index is 2.64. The third-order valence-corrected chi connectivity index (χ3v) is 4.85. The van der Waals surface area contributed by atoms with E-state index in [9.17, 15) is 0 Å². The number of hydrogen-bond acceptors (Lipinski definition) is 1. The zero-order valence-electron chi connectivity index (χ0n) is 10.1. The second-order valence-electron chi connectivity index (χ2n) is 5.83. The lowest BCUT2D eigenvalue weighted by Crippen LogP contribution is -2.44. The van der Waals surface area contributed by atoms with Crippen LogP contribution in [0.2, 0.25) is 0 Å². The van der Waals surface area contributed by atoms with Crippen molar-refractivity contribution in [2.75, 3.05) is 13.6 Å². The first-order valence-corrected chi connectivity index (χ1v) is 6.35. The Morgan fingerprint density at radius 1 is 1.14 bits per heavy atom. The average Bonchev–Trinajstić information content (AvgIpc) is 2.49. The maximum Gasteiger partial charge on any atom is 0.0207 e. The lowest BCUT2D eigenvalue weighted by atomic mass is 9.72. The lowest BCUT2D eigenvalue weighted by Gasteiger charge is -2.43. The van der Waals surface area contributed by atoms with Gasteiger partial charge in [-0.15, -0.1) is 0 Å². The summed E-state index contributed by atoms with van der Waals surface area (Å²) in [6.45, 7) is 6.12. The van der Waals surface area contributed by atoms with Crippen LogP contribution in [0.5, 0.6) is 0 Å². The highest BCUT2D eigenvalue weighted by Crippen LogP contribution is 2.44. The fourth-order valence-electron chi connectivity index (χ4n) is 3.55. The minimum absolute atomic E-state index is 0.630. The number of nitrogens with zero attached hydrogens (tertiary/aromatic N) is 1. The van der Waals surface area contributed by atoms with Crippen molar-refractivity contribution in [3.8, 4) is 0 Å². The summed E-state index contributed by atoms with van der Waals surface area (Å²) < 4.78 is 0. The molecule has 1 heterocycles. The first-order chi connectivity index (χ1) is 6.64. The van der Waals surface area contributed by atoms with Gasteiger partial charge in [0.1, 0.15) is 0 Å². The fourth-order valence-corrected chi connectivity index (χ4v) is 3.55. The largest absolute Gasteiger partial charge is 0.301 e. The first-order valence-electron chi connectivity index (χ1n) is 6.35. The summed E-state index contributed by atoms with van der Waals surface area (Å²) in [7, 11) is 2.34. The minimum atomic E-state index is 0.630. The van der Waals surface area contributed by atoms with Crippen LogP contribution in [0, 0.1) is 11.8 Å². The molecule has 2 rings (SSSR count). The summed E-state index contributed by atoms with van der Waals surface area (Å²) in [6.07, 6.45) is 8.78. The zero-order valence-corrected chi connectivity index (χ0v) is 10.1. The molecule has 0 atom stereocenters. The molecule has 1 nitrogen and oxygen atoms in total. The van der Waals surface area contributed by atoms with Crippen molar-refractivity contribution in [2.24, 2.45) is 11.8 Å². The Balaban J connectivity index is 1.94. The molecule has 0 radical (unpaired) electrons. The SMILES string of the molecule is CC(C)C1CCC2(CCCN2C)CC1. The van der Waals surface area contributed by atoms with E-state index in [0.29, 0.717) is 5.54 Å². The smallest absolute Gasteiger partial charge is 0.0207 e. The highest BCUT2D eigenvalue weighted by atomic mass is 15.2. The molecule has 0 aromatic heterocycles. The number of hydrogen-bond donors (Lipinski definition) is 0. The molecule has 0 aromatic rings. The summed E-state index contributed by atoms with van der Waals surface area (Å²) in [5, 5.41) is 0. The van der Waals surface area contributed by atoms with E-state index in [0.717, 1.165) is 11.8 Å². The van der Waals surface area contributed by atoms with Crippen LogP contribution in [-0.2, 0) is 0 Å². The molecule has 0 unspecified atom stereocenters. The number of rotatable bonds is 1. The summed E-state index contributed by atoms with van der Waals surface area (Å²) >= 11 is 0. The Hall–Kier alpha value is -0.0400. The average molecular weight is 195 g/mol. The molecule has 2 fully saturated rings. The zero-order chi connectivity index (χ0) is 10.2. The van der Waals surface area contributed by atoms with Crippen LogP contribution in [0.3, 0.4) is 0 Å². The molecule has 2 aliphatic rings. The van der Waals surface area contributed by atoms with Gasteiger partial charge in [-0.05, 0) is 64.0 Å². The summed E-state index contributed by atoms with van der Waals surface area (Å²) in [5.74, 6) is 1.91. The third-order valence-electron chi connectivity index (χ3n) is 4.85. The van der Waals surface area contributed by atoms with Crippen LogP contribution < -0.4 is 0 Å².